The number of carbonyl (C=O) groups excluding carboxylic acids is 5. The highest BCUT2D eigenvalue weighted by Crippen LogP contribution is 2.44. The summed E-state index contributed by atoms with van der Waals surface area (Å²) in [5.41, 5.74) is 2.77. The van der Waals surface area contributed by atoms with E-state index in [2.05, 4.69) is 0 Å². The number of rotatable bonds is 2. The monoisotopic (exact) mass is 574 g/mol. The Labute approximate surface area is 237 Å². The van der Waals surface area contributed by atoms with Crippen molar-refractivity contribution in [2.75, 3.05) is 7.11 Å². The summed E-state index contributed by atoms with van der Waals surface area (Å²) in [5.74, 6) is -2.53. The van der Waals surface area contributed by atoms with E-state index in [9.17, 15) is 28.4 Å². The normalized spacial score (nSPS) is 15.9. The summed E-state index contributed by atoms with van der Waals surface area (Å²) in [4.78, 5) is 61.4. The van der Waals surface area contributed by atoms with Crippen LogP contribution in [0.3, 0.4) is 0 Å². The van der Waals surface area contributed by atoms with Gasteiger partial charge in [-0.2, -0.15) is 0 Å². The first-order chi connectivity index (χ1) is 19.1. The minimum Gasteiger partial charge on any atom is -0.465 e. The molecule has 0 atom stereocenters. The third kappa shape index (κ3) is 4.43. The van der Waals surface area contributed by atoms with Gasteiger partial charge in [-0.1, -0.05) is 83.9 Å². The maximum absolute atomic E-state index is 13.3. The van der Waals surface area contributed by atoms with E-state index in [0.29, 0.717) is 27.8 Å². The molecule has 3 aliphatic carbocycles. The van der Waals surface area contributed by atoms with Crippen molar-refractivity contribution in [3.05, 3.63) is 133 Å². The fraction of sp³-hybridized carbons (Fsp3) is 0.0645. The summed E-state index contributed by atoms with van der Waals surface area (Å²) < 4.78 is 18.1. The van der Waals surface area contributed by atoms with E-state index in [4.69, 9.17) is 27.9 Å². The van der Waals surface area contributed by atoms with Crippen LogP contribution in [0.1, 0.15) is 53.4 Å². The maximum atomic E-state index is 13.3. The molecular weight excluding hydrogens is 558 g/mol. The molecule has 6 rings (SSSR count). The molecule has 40 heavy (non-hydrogen) atoms. The molecule has 0 saturated heterocycles. The van der Waals surface area contributed by atoms with Crippen LogP contribution in [0.5, 0.6) is 0 Å². The first kappa shape index (κ1) is 27.1. The second kappa shape index (κ2) is 10.6. The number of benzene rings is 3. The molecule has 3 aliphatic rings. The predicted molar refractivity (Wildman–Crippen MR) is 146 cm³/mol. The first-order valence-electron chi connectivity index (χ1n) is 11.9. The van der Waals surface area contributed by atoms with Crippen LogP contribution in [-0.2, 0) is 9.53 Å². The van der Waals surface area contributed by atoms with Crippen molar-refractivity contribution in [2.24, 2.45) is 0 Å². The molecule has 0 spiro atoms. The fourth-order valence-electron chi connectivity index (χ4n) is 4.82. The van der Waals surface area contributed by atoms with Crippen molar-refractivity contribution >= 4 is 57.9 Å². The van der Waals surface area contributed by atoms with E-state index in [-0.39, 0.29) is 50.3 Å². The summed E-state index contributed by atoms with van der Waals surface area (Å²) in [5, 5.41) is -0.397. The molecule has 0 amide bonds. The maximum Gasteiger partial charge on any atom is 0.338 e. The van der Waals surface area contributed by atoms with Crippen molar-refractivity contribution in [3.63, 3.8) is 0 Å². The Morgan fingerprint density at radius 2 is 1.12 bits per heavy atom. The fourth-order valence-corrected chi connectivity index (χ4v) is 5.19. The summed E-state index contributed by atoms with van der Waals surface area (Å²) in [7, 11) is 1.22. The number of fused-ring (bicyclic) bond motifs is 2. The van der Waals surface area contributed by atoms with Gasteiger partial charge in [-0.15, -0.1) is 0 Å². The van der Waals surface area contributed by atoms with E-state index in [0.717, 1.165) is 0 Å². The number of Topliss-reactive ketones (excluding diaryl/α,β-unsaturated/α-hetero) is 4. The summed E-state index contributed by atoms with van der Waals surface area (Å²) >= 11 is 11.2. The standard InChI is InChI=1S/C21H13FO4.C10H4Cl2O2/c1-26-21(25)18-15(11-6-8-12(22)9-7-11)10-16-17(18)20(24)14-5-3-2-4-13(14)19(16)23;11-7-8(12)10(14)6-4-2-1-3-5(6)9(7)13/h2-9H,10H2,1H3;1-4H. The molecule has 198 valence electrons. The number of hydrogen-bond donors (Lipinski definition) is 0. The van der Waals surface area contributed by atoms with Crippen LogP contribution in [0.25, 0.3) is 5.57 Å². The molecule has 9 heteroatoms. The third-order valence-electron chi connectivity index (χ3n) is 6.71. The number of allylic oxidation sites excluding steroid dienone is 4. The molecular formula is C31H17Cl2FO6. The lowest BCUT2D eigenvalue weighted by Crippen LogP contribution is -2.22. The molecule has 0 unspecified atom stereocenters. The van der Waals surface area contributed by atoms with Crippen LogP contribution in [0.15, 0.2) is 99.6 Å². The van der Waals surface area contributed by atoms with Crippen LogP contribution in [0.2, 0.25) is 0 Å². The minimum atomic E-state index is -0.685. The number of ketones is 4. The molecule has 3 aromatic carbocycles. The minimum absolute atomic E-state index is 0.0851. The summed E-state index contributed by atoms with van der Waals surface area (Å²) in [6.45, 7) is 0. The Balaban J connectivity index is 0.000000194. The second-order valence-corrected chi connectivity index (χ2v) is 9.67. The van der Waals surface area contributed by atoms with Crippen LogP contribution in [-0.4, -0.2) is 36.2 Å². The van der Waals surface area contributed by atoms with Gasteiger partial charge in [0.25, 0.3) is 0 Å². The summed E-state index contributed by atoms with van der Waals surface area (Å²) in [6.07, 6.45) is 0.129. The summed E-state index contributed by atoms with van der Waals surface area (Å²) in [6, 6.07) is 18.6. The van der Waals surface area contributed by atoms with Gasteiger partial charge in [0.05, 0.1) is 12.7 Å². The van der Waals surface area contributed by atoms with E-state index < -0.39 is 23.4 Å². The zero-order valence-electron chi connectivity index (χ0n) is 20.7. The highest BCUT2D eigenvalue weighted by atomic mass is 35.5. The Bertz CT molecular complexity index is 1720. The lowest BCUT2D eigenvalue weighted by molar-refractivity contribution is -0.135. The van der Waals surface area contributed by atoms with Crippen molar-refractivity contribution in [1.82, 2.24) is 0 Å². The average molecular weight is 575 g/mol. The zero-order chi connectivity index (χ0) is 28.7. The van der Waals surface area contributed by atoms with E-state index >= 15 is 0 Å². The van der Waals surface area contributed by atoms with Gasteiger partial charge in [0.1, 0.15) is 15.9 Å². The smallest absolute Gasteiger partial charge is 0.338 e. The predicted octanol–water partition coefficient (Wildman–Crippen LogP) is 6.29. The molecule has 0 radical (unpaired) electrons. The van der Waals surface area contributed by atoms with Gasteiger partial charge in [0.15, 0.2) is 11.6 Å². The van der Waals surface area contributed by atoms with Crippen molar-refractivity contribution in [1.29, 1.82) is 0 Å². The largest absolute Gasteiger partial charge is 0.465 e. The van der Waals surface area contributed by atoms with Gasteiger partial charge in [-0.05, 0) is 23.3 Å². The quantitative estimate of drug-likeness (QED) is 0.334. The van der Waals surface area contributed by atoms with Gasteiger partial charge in [0, 0.05) is 39.8 Å². The highest BCUT2D eigenvalue weighted by Gasteiger charge is 2.42. The highest BCUT2D eigenvalue weighted by molar-refractivity contribution is 6.59. The van der Waals surface area contributed by atoms with E-state index in [1.54, 1.807) is 48.5 Å². The van der Waals surface area contributed by atoms with Crippen LogP contribution in [0.4, 0.5) is 4.39 Å². The number of carbonyl (C=O) groups is 5. The van der Waals surface area contributed by atoms with E-state index in [1.807, 2.05) is 0 Å². The molecule has 0 fully saturated rings. The Morgan fingerprint density at radius 3 is 1.60 bits per heavy atom. The van der Waals surface area contributed by atoms with Crippen molar-refractivity contribution in [2.45, 2.75) is 6.42 Å². The molecule has 0 heterocycles. The van der Waals surface area contributed by atoms with Gasteiger partial charge in [-0.25, -0.2) is 9.18 Å². The van der Waals surface area contributed by atoms with Crippen LogP contribution >= 0.6 is 23.2 Å². The third-order valence-corrected chi connectivity index (χ3v) is 7.53. The Hall–Kier alpha value is -4.46. The second-order valence-electron chi connectivity index (χ2n) is 8.92. The first-order valence-corrected chi connectivity index (χ1v) is 12.6. The van der Waals surface area contributed by atoms with Gasteiger partial charge < -0.3 is 4.74 Å². The SMILES string of the molecule is COC(=O)C1=C(c2ccc(F)cc2)CC2=C1C(=O)c1ccccc1C2=O.O=C1C(Cl)=C(Cl)C(=O)c2ccccc21. The number of esters is 1. The number of methoxy groups -OCH3 is 1. The molecule has 3 aromatic rings. The van der Waals surface area contributed by atoms with Gasteiger partial charge in [0.2, 0.25) is 11.6 Å². The lowest BCUT2D eigenvalue weighted by Gasteiger charge is -2.17. The lowest BCUT2D eigenvalue weighted by atomic mass is 9.83. The van der Waals surface area contributed by atoms with E-state index in [1.165, 1.54) is 31.4 Å². The molecule has 0 bridgehead atoms. The van der Waals surface area contributed by atoms with Crippen molar-refractivity contribution in [3.8, 4) is 0 Å². The van der Waals surface area contributed by atoms with Crippen LogP contribution in [0, 0.1) is 5.82 Å². The topological polar surface area (TPSA) is 94.6 Å². The molecule has 0 aromatic heterocycles. The van der Waals surface area contributed by atoms with Crippen molar-refractivity contribution < 1.29 is 33.1 Å². The number of hydrogen-bond acceptors (Lipinski definition) is 6. The Morgan fingerprint density at radius 1 is 0.675 bits per heavy atom. The zero-order valence-corrected chi connectivity index (χ0v) is 22.2. The molecule has 0 N–H and O–H groups in total. The molecule has 6 nitrogen and oxygen atoms in total. The average Bonchev–Trinajstić information content (AvgIpc) is 3.39. The van der Waals surface area contributed by atoms with Crippen LogP contribution < -0.4 is 0 Å². The molecule has 0 saturated carbocycles. The van der Waals surface area contributed by atoms with Gasteiger partial charge >= 0.3 is 5.97 Å². The number of ether oxygens (including phenoxy) is 1. The molecule has 0 aliphatic heterocycles. The Kier molecular flexibility index (Phi) is 7.19. The van der Waals surface area contributed by atoms with Gasteiger partial charge in [-0.3, -0.25) is 19.2 Å². The number of halogens is 3.